The molecule has 2 rings (SSSR count). The van der Waals surface area contributed by atoms with Crippen molar-refractivity contribution in [3.8, 4) is 0 Å². The molecule has 13 heavy (non-hydrogen) atoms. The van der Waals surface area contributed by atoms with E-state index in [4.69, 9.17) is 0 Å². The van der Waals surface area contributed by atoms with Gasteiger partial charge in [-0.15, -0.1) is 0 Å². The third kappa shape index (κ3) is 1.52. The summed E-state index contributed by atoms with van der Waals surface area (Å²) in [6.45, 7) is 4.35. The van der Waals surface area contributed by atoms with Gasteiger partial charge in [-0.2, -0.15) is 11.3 Å². The van der Waals surface area contributed by atoms with Crippen LogP contribution < -0.4 is 0 Å². The van der Waals surface area contributed by atoms with Crippen LogP contribution in [0.4, 0.5) is 0 Å². The molecule has 2 nitrogen and oxygen atoms in total. The summed E-state index contributed by atoms with van der Waals surface area (Å²) in [7, 11) is 0. The number of aromatic amines is 1. The fourth-order valence-electron chi connectivity index (χ4n) is 1.48. The minimum atomic E-state index is 0.425. The van der Waals surface area contributed by atoms with Crippen molar-refractivity contribution in [2.24, 2.45) is 0 Å². The third-order valence-corrected chi connectivity index (χ3v) is 3.23. The Kier molecular flexibility index (Phi) is 2.19. The number of nitrogens with zero attached hydrogens (tertiary/aromatic N) is 1. The zero-order valence-corrected chi connectivity index (χ0v) is 8.56. The zero-order chi connectivity index (χ0) is 9.26. The summed E-state index contributed by atoms with van der Waals surface area (Å²) in [5.74, 6) is 0.425. The van der Waals surface area contributed by atoms with Crippen molar-refractivity contribution in [2.45, 2.75) is 19.8 Å². The third-order valence-electron chi connectivity index (χ3n) is 2.35. The van der Waals surface area contributed by atoms with E-state index in [0.717, 1.165) is 0 Å². The van der Waals surface area contributed by atoms with Crippen LogP contribution in [0, 0.1) is 6.92 Å². The van der Waals surface area contributed by atoms with E-state index in [9.17, 15) is 0 Å². The minimum absolute atomic E-state index is 0.425. The van der Waals surface area contributed by atoms with E-state index in [-0.39, 0.29) is 0 Å². The summed E-state index contributed by atoms with van der Waals surface area (Å²) >= 11 is 1.76. The Labute approximate surface area is 81.7 Å². The van der Waals surface area contributed by atoms with Crippen LogP contribution >= 0.6 is 11.3 Å². The number of imidazole rings is 1. The minimum Gasteiger partial charge on any atom is -0.348 e. The highest BCUT2D eigenvalue weighted by molar-refractivity contribution is 7.08. The molecule has 68 valence electrons. The van der Waals surface area contributed by atoms with E-state index in [0.29, 0.717) is 5.92 Å². The van der Waals surface area contributed by atoms with Crippen LogP contribution in [0.15, 0.2) is 23.3 Å². The molecule has 0 aliphatic heterocycles. The number of aromatic nitrogens is 2. The normalized spacial score (nSPS) is 13.1. The average Bonchev–Trinajstić information content (AvgIpc) is 2.72. The first-order valence-corrected chi connectivity index (χ1v) is 5.24. The molecule has 1 unspecified atom stereocenters. The summed E-state index contributed by atoms with van der Waals surface area (Å²) in [6, 6.07) is 0. The molecule has 1 N–H and O–H groups in total. The first kappa shape index (κ1) is 8.51. The lowest BCUT2D eigenvalue weighted by Gasteiger charge is -2.08. The SMILES string of the molecule is Cc1cscc1C(C)c1cnc[nH]1. The van der Waals surface area contributed by atoms with Gasteiger partial charge in [0, 0.05) is 17.8 Å². The molecule has 2 aromatic heterocycles. The molecule has 0 aromatic carbocycles. The lowest BCUT2D eigenvalue weighted by atomic mass is 9.98. The van der Waals surface area contributed by atoms with Crippen LogP contribution in [-0.4, -0.2) is 9.97 Å². The molecule has 2 heterocycles. The van der Waals surface area contributed by atoms with E-state index in [2.05, 4.69) is 34.6 Å². The van der Waals surface area contributed by atoms with Crippen molar-refractivity contribution in [1.29, 1.82) is 0 Å². The van der Waals surface area contributed by atoms with Gasteiger partial charge in [-0.1, -0.05) is 6.92 Å². The smallest absolute Gasteiger partial charge is 0.0921 e. The lowest BCUT2D eigenvalue weighted by Crippen LogP contribution is -1.95. The highest BCUT2D eigenvalue weighted by Gasteiger charge is 2.12. The Hall–Kier alpha value is -1.09. The maximum Gasteiger partial charge on any atom is 0.0921 e. The second-order valence-electron chi connectivity index (χ2n) is 3.24. The van der Waals surface area contributed by atoms with Crippen molar-refractivity contribution in [1.82, 2.24) is 9.97 Å². The summed E-state index contributed by atoms with van der Waals surface area (Å²) < 4.78 is 0. The molecular formula is C10H12N2S. The first-order chi connectivity index (χ1) is 6.29. The number of nitrogens with one attached hydrogen (secondary N) is 1. The fraction of sp³-hybridized carbons (Fsp3) is 0.300. The molecular weight excluding hydrogens is 180 g/mol. The van der Waals surface area contributed by atoms with Crippen LogP contribution in [0.5, 0.6) is 0 Å². The van der Waals surface area contributed by atoms with Gasteiger partial charge in [0.15, 0.2) is 0 Å². The Morgan fingerprint density at radius 3 is 2.85 bits per heavy atom. The van der Waals surface area contributed by atoms with Gasteiger partial charge in [-0.25, -0.2) is 4.98 Å². The molecule has 0 aliphatic rings. The van der Waals surface area contributed by atoms with Crippen LogP contribution in [-0.2, 0) is 0 Å². The Balaban J connectivity index is 2.33. The van der Waals surface area contributed by atoms with Crippen LogP contribution in [0.3, 0.4) is 0 Å². The van der Waals surface area contributed by atoms with Gasteiger partial charge in [0.05, 0.1) is 6.33 Å². The molecule has 0 radical (unpaired) electrons. The number of thiophene rings is 1. The highest BCUT2D eigenvalue weighted by Crippen LogP contribution is 2.27. The van der Waals surface area contributed by atoms with Crippen molar-refractivity contribution in [2.75, 3.05) is 0 Å². The number of aryl methyl sites for hydroxylation is 1. The lowest BCUT2D eigenvalue weighted by molar-refractivity contribution is 0.880. The average molecular weight is 192 g/mol. The standard InChI is InChI=1S/C10H12N2S/c1-7-4-13-5-9(7)8(2)10-3-11-6-12-10/h3-6,8H,1-2H3,(H,11,12). The highest BCUT2D eigenvalue weighted by atomic mass is 32.1. The van der Waals surface area contributed by atoms with E-state index in [1.807, 2.05) is 6.20 Å². The van der Waals surface area contributed by atoms with Gasteiger partial charge >= 0.3 is 0 Å². The first-order valence-electron chi connectivity index (χ1n) is 4.30. The van der Waals surface area contributed by atoms with Crippen molar-refractivity contribution in [3.63, 3.8) is 0 Å². The largest absolute Gasteiger partial charge is 0.348 e. The zero-order valence-electron chi connectivity index (χ0n) is 7.74. The molecule has 0 aliphatic carbocycles. The topological polar surface area (TPSA) is 28.7 Å². The van der Waals surface area contributed by atoms with Crippen molar-refractivity contribution in [3.05, 3.63) is 40.1 Å². The van der Waals surface area contributed by atoms with Gasteiger partial charge in [0.1, 0.15) is 0 Å². The molecule has 3 heteroatoms. The van der Waals surface area contributed by atoms with E-state index in [1.54, 1.807) is 17.7 Å². The second-order valence-corrected chi connectivity index (χ2v) is 3.98. The molecule has 0 amide bonds. The molecule has 0 saturated heterocycles. The number of hydrogen-bond acceptors (Lipinski definition) is 2. The molecule has 0 bridgehead atoms. The van der Waals surface area contributed by atoms with Crippen molar-refractivity contribution >= 4 is 11.3 Å². The summed E-state index contributed by atoms with van der Waals surface area (Å²) in [5.41, 5.74) is 3.95. The predicted molar refractivity (Wildman–Crippen MR) is 55.2 cm³/mol. The van der Waals surface area contributed by atoms with E-state index < -0.39 is 0 Å². The maximum atomic E-state index is 4.03. The molecule has 0 saturated carbocycles. The van der Waals surface area contributed by atoms with Crippen LogP contribution in [0.1, 0.15) is 29.7 Å². The summed E-state index contributed by atoms with van der Waals surface area (Å²) in [4.78, 5) is 7.18. The molecule has 1 atom stereocenters. The number of rotatable bonds is 2. The Bertz CT molecular complexity index is 375. The second kappa shape index (κ2) is 3.34. The quantitative estimate of drug-likeness (QED) is 0.778. The Morgan fingerprint density at radius 2 is 2.31 bits per heavy atom. The van der Waals surface area contributed by atoms with Crippen molar-refractivity contribution < 1.29 is 0 Å². The van der Waals surface area contributed by atoms with Gasteiger partial charge in [0.2, 0.25) is 0 Å². The Morgan fingerprint density at radius 1 is 1.46 bits per heavy atom. The monoisotopic (exact) mass is 192 g/mol. The predicted octanol–water partition coefficient (Wildman–Crippen LogP) is 2.93. The van der Waals surface area contributed by atoms with Gasteiger partial charge in [-0.3, -0.25) is 0 Å². The number of hydrogen-bond donors (Lipinski definition) is 1. The molecule has 0 spiro atoms. The molecule has 0 fully saturated rings. The van der Waals surface area contributed by atoms with Crippen LogP contribution in [0.25, 0.3) is 0 Å². The molecule has 2 aromatic rings. The summed E-state index contributed by atoms with van der Waals surface area (Å²) in [6.07, 6.45) is 3.62. The van der Waals surface area contributed by atoms with E-state index in [1.165, 1.54) is 16.8 Å². The fourth-order valence-corrected chi connectivity index (χ4v) is 2.43. The van der Waals surface area contributed by atoms with E-state index >= 15 is 0 Å². The van der Waals surface area contributed by atoms with Gasteiger partial charge in [-0.05, 0) is 28.8 Å². The number of H-pyrrole nitrogens is 1. The summed E-state index contributed by atoms with van der Waals surface area (Å²) in [5, 5.41) is 4.39. The van der Waals surface area contributed by atoms with Gasteiger partial charge in [0.25, 0.3) is 0 Å². The maximum absolute atomic E-state index is 4.03. The van der Waals surface area contributed by atoms with Gasteiger partial charge < -0.3 is 4.98 Å². The van der Waals surface area contributed by atoms with Crippen LogP contribution in [0.2, 0.25) is 0 Å².